The number of ether oxygens (including phenoxy) is 2. The van der Waals surface area contributed by atoms with Gasteiger partial charge in [-0.3, -0.25) is 15.0 Å². The minimum atomic E-state index is -4.84. The van der Waals surface area contributed by atoms with Crippen LogP contribution in [0.3, 0.4) is 0 Å². The maximum Gasteiger partial charge on any atom is 0.414 e. The molecule has 3 aromatic carbocycles. The molecule has 1 fully saturated rings. The largest absolute Gasteiger partial charge is 0.447 e. The van der Waals surface area contributed by atoms with Crippen molar-refractivity contribution in [1.29, 1.82) is 0 Å². The van der Waals surface area contributed by atoms with Gasteiger partial charge in [-0.05, 0) is 65.6 Å². The minimum absolute atomic E-state index is 0.0429. The van der Waals surface area contributed by atoms with Gasteiger partial charge in [0.2, 0.25) is 5.96 Å². The summed E-state index contributed by atoms with van der Waals surface area (Å²) in [6.45, 7) is 1.04. The third kappa shape index (κ3) is 10.5. The fourth-order valence-corrected chi connectivity index (χ4v) is 7.49. The molecule has 2 N–H and O–H groups in total. The third-order valence-corrected chi connectivity index (χ3v) is 10.9. The van der Waals surface area contributed by atoms with Crippen molar-refractivity contribution in [3.63, 3.8) is 0 Å². The van der Waals surface area contributed by atoms with Crippen molar-refractivity contribution in [3.05, 3.63) is 130 Å². The lowest BCUT2D eigenvalue weighted by Gasteiger charge is -2.35. The first kappa shape index (κ1) is 47.9. The maximum absolute atomic E-state index is 16.2. The Bertz CT molecular complexity index is 2760. The number of halogens is 9. The van der Waals surface area contributed by atoms with Crippen molar-refractivity contribution in [2.75, 3.05) is 6.61 Å². The summed E-state index contributed by atoms with van der Waals surface area (Å²) in [6.07, 6.45) is -8.91. The Morgan fingerprint density at radius 3 is 2.30 bits per heavy atom. The summed E-state index contributed by atoms with van der Waals surface area (Å²) in [6, 6.07) is 14.0. The fourth-order valence-electron chi connectivity index (χ4n) is 7.30. The lowest BCUT2D eigenvalue weighted by atomic mass is 9.75. The molecule has 3 amide bonds. The van der Waals surface area contributed by atoms with Gasteiger partial charge in [0.25, 0.3) is 12.3 Å². The van der Waals surface area contributed by atoms with E-state index in [4.69, 9.17) is 26.1 Å². The number of hydrogen-bond donors (Lipinski definition) is 2. The maximum atomic E-state index is 16.2. The molecule has 1 aliphatic heterocycles. The first-order valence-corrected chi connectivity index (χ1v) is 20.5. The normalized spacial score (nSPS) is 17.2. The van der Waals surface area contributed by atoms with Crippen LogP contribution in [0.2, 0.25) is 5.02 Å². The quantitative estimate of drug-likeness (QED) is 0.0926. The molecule has 0 saturated heterocycles. The number of nitrogens with zero attached hydrogens (tertiary/aromatic N) is 7. The number of guanidine groups is 1. The molecule has 0 bridgehead atoms. The molecule has 67 heavy (non-hydrogen) atoms. The van der Waals surface area contributed by atoms with Crippen LogP contribution in [0.25, 0.3) is 5.69 Å². The van der Waals surface area contributed by atoms with Crippen LogP contribution < -0.4 is 10.6 Å². The lowest BCUT2D eigenvalue weighted by molar-refractivity contribution is -0.164. The SMILES string of the molecule is CC(C)(C)C[C@]1(c2ccc(C#Cc3cnn(C(F)F)c3)c(F)c2)N=C(NC(=O)OCc2ccccc2)N([C@H](COC(=O)NC2(C(F)(F)F)CC2)c2ccc(Cl)c(-n3ncnc3C(F)F)c2)C1=O. The standard InChI is InChI=1S/C44H38ClF8N9O5/c1-41(2,3)23-43(29-13-11-27(31(46)18-29)10-9-26-19-55-60(20-26)37(49)50)36(63)61(38(58-43)57-39(64)66-21-25-7-5-4-6-8-25)33(22-67-40(65)59-42(15-16-42)44(51,52)53)28-12-14-30(45)32(17-28)62-35(34(47)48)54-24-56-62/h4-8,11-14,17-20,24,33-34,37H,15-16,21-23H2,1-3H3,(H,59,65)(H,57,58,64)/t33-,43-/m1/s1. The number of hydrogen-bond acceptors (Lipinski definition) is 9. The fraction of sp³-hybridized carbons (Fsp3) is 0.341. The van der Waals surface area contributed by atoms with Crippen LogP contribution in [0.4, 0.5) is 44.7 Å². The Balaban J connectivity index is 1.35. The van der Waals surface area contributed by atoms with Crippen LogP contribution in [0.15, 0.2) is 90.4 Å². The molecule has 7 rings (SSSR count). The zero-order valence-electron chi connectivity index (χ0n) is 35.4. The summed E-state index contributed by atoms with van der Waals surface area (Å²) in [7, 11) is 0. The Labute approximate surface area is 381 Å². The average Bonchev–Trinajstić information content (AvgIpc) is 3.55. The number of aliphatic imine (C=N–C) groups is 1. The number of rotatable bonds is 12. The Morgan fingerprint density at radius 2 is 1.67 bits per heavy atom. The van der Waals surface area contributed by atoms with Gasteiger partial charge in [0, 0.05) is 6.20 Å². The molecular formula is C44H38ClF8N9O5. The molecule has 2 aromatic heterocycles. The highest BCUT2D eigenvalue weighted by atomic mass is 35.5. The molecule has 1 saturated carbocycles. The highest BCUT2D eigenvalue weighted by Gasteiger charge is 2.65. The van der Waals surface area contributed by atoms with E-state index in [0.717, 1.165) is 29.7 Å². The first-order valence-electron chi connectivity index (χ1n) is 20.1. The molecule has 352 valence electrons. The van der Waals surface area contributed by atoms with Crippen LogP contribution in [-0.2, 0) is 26.4 Å². The third-order valence-electron chi connectivity index (χ3n) is 10.6. The number of carbonyl (C=O) groups excluding carboxylic acids is 3. The predicted octanol–water partition coefficient (Wildman–Crippen LogP) is 9.31. The van der Waals surface area contributed by atoms with E-state index >= 15 is 9.18 Å². The number of alkyl carbamates (subject to hydrolysis) is 2. The van der Waals surface area contributed by atoms with E-state index in [1.807, 2.05) is 5.32 Å². The van der Waals surface area contributed by atoms with Crippen molar-refractivity contribution >= 4 is 35.7 Å². The van der Waals surface area contributed by atoms with Gasteiger partial charge in [-0.25, -0.2) is 42.1 Å². The van der Waals surface area contributed by atoms with Crippen molar-refractivity contribution in [3.8, 4) is 17.5 Å². The van der Waals surface area contributed by atoms with Crippen LogP contribution in [0.5, 0.6) is 0 Å². The van der Waals surface area contributed by atoms with Crippen LogP contribution in [0, 0.1) is 23.1 Å². The van der Waals surface area contributed by atoms with Crippen LogP contribution in [0.1, 0.15) is 92.7 Å². The Kier molecular flexibility index (Phi) is 13.4. The monoisotopic (exact) mass is 959 g/mol. The molecule has 23 heteroatoms. The van der Waals surface area contributed by atoms with Gasteiger partial charge in [-0.15, -0.1) is 0 Å². The van der Waals surface area contributed by atoms with Crippen LogP contribution >= 0.6 is 11.6 Å². The number of amides is 3. The average molecular weight is 960 g/mol. The molecule has 1 aliphatic carbocycles. The summed E-state index contributed by atoms with van der Waals surface area (Å²) in [5, 5.41) is 11.5. The van der Waals surface area contributed by atoms with Gasteiger partial charge in [-0.1, -0.05) is 86.7 Å². The number of nitrogens with one attached hydrogen (secondary N) is 2. The Hall–Kier alpha value is -7.02. The van der Waals surface area contributed by atoms with Gasteiger partial charge in [0.15, 0.2) is 11.4 Å². The first-order chi connectivity index (χ1) is 31.6. The van der Waals surface area contributed by atoms with E-state index < -0.39 is 96.8 Å². The summed E-state index contributed by atoms with van der Waals surface area (Å²) < 4.78 is 124. The van der Waals surface area contributed by atoms with Crippen molar-refractivity contribution in [1.82, 2.24) is 40.1 Å². The van der Waals surface area contributed by atoms with Crippen molar-refractivity contribution in [2.45, 2.75) is 82.9 Å². The van der Waals surface area contributed by atoms with E-state index in [-0.39, 0.29) is 46.0 Å². The van der Waals surface area contributed by atoms with Gasteiger partial charge in [0.05, 0.1) is 34.1 Å². The summed E-state index contributed by atoms with van der Waals surface area (Å²) in [5.74, 6) is 1.76. The molecule has 0 unspecified atom stereocenters. The smallest absolute Gasteiger partial charge is 0.414 e. The van der Waals surface area contributed by atoms with Crippen molar-refractivity contribution in [2.24, 2.45) is 10.4 Å². The van der Waals surface area contributed by atoms with Gasteiger partial charge < -0.3 is 14.8 Å². The molecule has 3 heterocycles. The number of alkyl halides is 7. The minimum Gasteiger partial charge on any atom is -0.447 e. The molecule has 0 spiro atoms. The highest BCUT2D eigenvalue weighted by Crippen LogP contribution is 2.49. The molecule has 14 nitrogen and oxygen atoms in total. The molecule has 2 atom stereocenters. The van der Waals surface area contributed by atoms with Gasteiger partial charge >= 0.3 is 24.9 Å². The second-order valence-electron chi connectivity index (χ2n) is 16.7. The topological polar surface area (TPSA) is 158 Å². The summed E-state index contributed by atoms with van der Waals surface area (Å²) in [4.78, 5) is 51.6. The van der Waals surface area contributed by atoms with Gasteiger partial charge in [-0.2, -0.15) is 32.1 Å². The van der Waals surface area contributed by atoms with Gasteiger partial charge in [0.1, 0.15) is 30.9 Å². The van der Waals surface area contributed by atoms with E-state index in [9.17, 15) is 40.3 Å². The number of benzene rings is 3. The molecule has 0 radical (unpaired) electrons. The van der Waals surface area contributed by atoms with E-state index in [2.05, 4.69) is 32.3 Å². The lowest BCUT2D eigenvalue weighted by Crippen LogP contribution is -2.51. The molecule has 5 aromatic rings. The van der Waals surface area contributed by atoms with E-state index in [1.54, 1.807) is 51.1 Å². The summed E-state index contributed by atoms with van der Waals surface area (Å²) >= 11 is 6.49. The molecule has 2 aliphatic rings. The second-order valence-corrected chi connectivity index (χ2v) is 17.1. The second kappa shape index (κ2) is 18.7. The zero-order valence-corrected chi connectivity index (χ0v) is 36.2. The zero-order chi connectivity index (χ0) is 48.5. The van der Waals surface area contributed by atoms with E-state index in [0.29, 0.717) is 14.9 Å². The predicted molar refractivity (Wildman–Crippen MR) is 222 cm³/mol. The Morgan fingerprint density at radius 1 is 0.940 bits per heavy atom. The molecular weight excluding hydrogens is 922 g/mol. The number of carbonyl (C=O) groups is 3. The van der Waals surface area contributed by atoms with Crippen LogP contribution in [-0.4, -0.2) is 71.8 Å². The van der Waals surface area contributed by atoms with Crippen molar-refractivity contribution < 1.29 is 59.0 Å². The highest BCUT2D eigenvalue weighted by molar-refractivity contribution is 6.32. The summed E-state index contributed by atoms with van der Waals surface area (Å²) in [5.41, 5.74) is -5.49. The van der Waals surface area contributed by atoms with E-state index in [1.165, 1.54) is 30.3 Å². The number of aromatic nitrogens is 5.